The molecule has 0 aliphatic heterocycles. The minimum Gasteiger partial charge on any atom is -0.276 e. The van der Waals surface area contributed by atoms with Crippen LogP contribution in [0.3, 0.4) is 0 Å². The van der Waals surface area contributed by atoms with Crippen LogP contribution in [-0.4, -0.2) is 29.1 Å². The van der Waals surface area contributed by atoms with Gasteiger partial charge in [0, 0.05) is 22.3 Å². The summed E-state index contributed by atoms with van der Waals surface area (Å²) in [5.74, 6) is 3.33. The van der Waals surface area contributed by atoms with E-state index in [4.69, 9.17) is 19.9 Å². The predicted octanol–water partition coefficient (Wildman–Crippen LogP) is 15.5. The van der Waals surface area contributed by atoms with Crippen LogP contribution in [0.15, 0.2) is 243 Å². The van der Waals surface area contributed by atoms with Gasteiger partial charge in [-0.05, 0) is 104 Å². The van der Waals surface area contributed by atoms with Gasteiger partial charge in [-0.15, -0.1) is 0 Å². The van der Waals surface area contributed by atoms with Gasteiger partial charge in [0.25, 0.3) is 0 Å². The molecule has 318 valence electrons. The van der Waals surface area contributed by atoms with Crippen molar-refractivity contribution in [1.29, 1.82) is 0 Å². The van der Waals surface area contributed by atoms with Gasteiger partial charge in [-0.2, -0.15) is 0 Å². The van der Waals surface area contributed by atoms with Gasteiger partial charge in [-0.25, -0.2) is 19.9 Å². The number of rotatable bonds is 8. The highest BCUT2D eigenvalue weighted by Gasteiger charge is 2.21. The van der Waals surface area contributed by atoms with Crippen molar-refractivity contribution in [3.05, 3.63) is 243 Å². The van der Waals surface area contributed by atoms with E-state index in [1.807, 2.05) is 24.3 Å². The quantitative estimate of drug-likeness (QED) is 0.143. The van der Waals surface area contributed by atoms with Crippen LogP contribution < -0.4 is 0 Å². The summed E-state index contributed by atoms with van der Waals surface area (Å²) in [4.78, 5) is 21.0. The number of fused-ring (bicyclic) bond motifs is 4. The van der Waals surface area contributed by atoms with E-state index in [1.165, 1.54) is 11.1 Å². The first-order valence-electron chi connectivity index (χ1n) is 22.9. The molecule has 0 aliphatic carbocycles. The number of hydrogen-bond acceptors (Lipinski definition) is 4. The van der Waals surface area contributed by atoms with Gasteiger partial charge < -0.3 is 0 Å². The molecule has 0 radical (unpaired) electrons. The molecule has 0 saturated carbocycles. The lowest BCUT2D eigenvalue weighted by Gasteiger charge is -2.19. The highest BCUT2D eigenvalue weighted by atomic mass is 15.1. The standard InChI is InChI=1S/C62H40N6/c1-5-19-41(20-6-1)59-47-37-35-46(52-30-18-34-58(64-52)68-56-32-16-14-28-54(56)66-62(68)44-25-11-4-12-26-44)40-50(47)60(42-21-7-2-8-22-42)48-38-36-45(39-49(48)59)51-29-17-33-57(63-51)67-55-31-15-13-27-53(55)65-61(67)43-23-9-3-10-24-43/h1-40H. The van der Waals surface area contributed by atoms with Crippen molar-refractivity contribution in [3.63, 3.8) is 0 Å². The number of benzene rings is 9. The molecule has 0 spiro atoms. The van der Waals surface area contributed by atoms with Gasteiger partial charge in [0.2, 0.25) is 0 Å². The first kappa shape index (κ1) is 39.1. The molecule has 0 fully saturated rings. The van der Waals surface area contributed by atoms with E-state index in [0.29, 0.717) is 0 Å². The molecule has 4 heterocycles. The topological polar surface area (TPSA) is 61.4 Å². The Morgan fingerprint density at radius 1 is 0.250 bits per heavy atom. The number of pyridine rings is 2. The lowest BCUT2D eigenvalue weighted by atomic mass is 9.84. The van der Waals surface area contributed by atoms with Gasteiger partial charge in [0.1, 0.15) is 23.3 Å². The lowest BCUT2D eigenvalue weighted by molar-refractivity contribution is 1.03. The highest BCUT2D eigenvalue weighted by Crippen LogP contribution is 2.46. The van der Waals surface area contributed by atoms with Crippen molar-refractivity contribution in [2.45, 2.75) is 0 Å². The van der Waals surface area contributed by atoms with Crippen LogP contribution in [0.5, 0.6) is 0 Å². The third kappa shape index (κ3) is 6.66. The van der Waals surface area contributed by atoms with Crippen LogP contribution >= 0.6 is 0 Å². The van der Waals surface area contributed by atoms with E-state index in [2.05, 4.69) is 228 Å². The largest absolute Gasteiger partial charge is 0.276 e. The Labute approximate surface area is 392 Å². The van der Waals surface area contributed by atoms with Crippen molar-refractivity contribution in [2.75, 3.05) is 0 Å². The second-order valence-electron chi connectivity index (χ2n) is 17.0. The van der Waals surface area contributed by atoms with Gasteiger partial charge in [-0.1, -0.05) is 182 Å². The second-order valence-corrected chi connectivity index (χ2v) is 17.0. The van der Waals surface area contributed by atoms with Gasteiger partial charge in [0.05, 0.1) is 33.5 Å². The summed E-state index contributed by atoms with van der Waals surface area (Å²) < 4.78 is 4.35. The first-order chi connectivity index (χ1) is 33.7. The molecule has 9 aromatic carbocycles. The average molecular weight is 869 g/mol. The molecule has 0 unspecified atom stereocenters. The fraction of sp³-hybridized carbons (Fsp3) is 0. The molecule has 0 bridgehead atoms. The van der Waals surface area contributed by atoms with Crippen molar-refractivity contribution in [1.82, 2.24) is 29.1 Å². The summed E-state index contributed by atoms with van der Waals surface area (Å²) in [7, 11) is 0. The molecule has 0 N–H and O–H groups in total. The molecule has 4 aromatic heterocycles. The van der Waals surface area contributed by atoms with E-state index in [-0.39, 0.29) is 0 Å². The third-order valence-corrected chi connectivity index (χ3v) is 12.9. The fourth-order valence-corrected chi connectivity index (χ4v) is 9.87. The van der Waals surface area contributed by atoms with Crippen molar-refractivity contribution < 1.29 is 0 Å². The SMILES string of the molecule is c1ccc(-c2c3ccc(-c4cccc(-n5c(-c6ccccc6)nc6ccccc65)n4)cc3c(-c3ccccc3)c3ccc(-c4cccc(-n5c(-c6ccccc6)nc6ccccc65)n4)cc23)cc1. The summed E-state index contributed by atoms with van der Waals surface area (Å²) >= 11 is 0. The zero-order chi connectivity index (χ0) is 45.0. The van der Waals surface area contributed by atoms with E-state index < -0.39 is 0 Å². The van der Waals surface area contributed by atoms with Gasteiger partial charge in [-0.3, -0.25) is 9.13 Å². The third-order valence-electron chi connectivity index (χ3n) is 12.9. The predicted molar refractivity (Wildman–Crippen MR) is 279 cm³/mol. The number of para-hydroxylation sites is 4. The van der Waals surface area contributed by atoms with Crippen LogP contribution in [0.25, 0.3) is 123 Å². The Hall–Kier alpha value is -9.26. The van der Waals surface area contributed by atoms with E-state index in [0.717, 1.165) is 112 Å². The van der Waals surface area contributed by atoms with Crippen molar-refractivity contribution in [3.8, 4) is 79.2 Å². The zero-order valence-corrected chi connectivity index (χ0v) is 36.8. The van der Waals surface area contributed by atoms with Crippen LogP contribution in [-0.2, 0) is 0 Å². The number of aromatic nitrogens is 6. The minimum atomic E-state index is 0.810. The number of imidazole rings is 2. The minimum absolute atomic E-state index is 0.810. The smallest absolute Gasteiger partial charge is 0.146 e. The van der Waals surface area contributed by atoms with Crippen molar-refractivity contribution in [2.24, 2.45) is 0 Å². The maximum Gasteiger partial charge on any atom is 0.146 e. The highest BCUT2D eigenvalue weighted by molar-refractivity contribution is 6.22. The molecule has 13 rings (SSSR count). The summed E-state index contributed by atoms with van der Waals surface area (Å²) in [6, 6.07) is 85.0. The van der Waals surface area contributed by atoms with Gasteiger partial charge >= 0.3 is 0 Å². The van der Waals surface area contributed by atoms with Crippen LogP contribution in [0.4, 0.5) is 0 Å². The molecule has 0 atom stereocenters. The lowest BCUT2D eigenvalue weighted by Crippen LogP contribution is -2.01. The number of nitrogens with zero attached hydrogens (tertiary/aromatic N) is 6. The van der Waals surface area contributed by atoms with E-state index in [9.17, 15) is 0 Å². The Bertz CT molecular complexity index is 3740. The molecule has 6 nitrogen and oxygen atoms in total. The molecule has 0 saturated heterocycles. The summed E-state index contributed by atoms with van der Waals surface area (Å²) in [5.41, 5.74) is 14.4. The van der Waals surface area contributed by atoms with Crippen molar-refractivity contribution >= 4 is 43.6 Å². The molecule has 0 amide bonds. The van der Waals surface area contributed by atoms with Crippen LogP contribution in [0.2, 0.25) is 0 Å². The zero-order valence-electron chi connectivity index (χ0n) is 36.8. The maximum atomic E-state index is 5.39. The Morgan fingerprint density at radius 2 is 0.618 bits per heavy atom. The van der Waals surface area contributed by atoms with E-state index in [1.54, 1.807) is 0 Å². The Morgan fingerprint density at radius 3 is 1.03 bits per heavy atom. The van der Waals surface area contributed by atoms with Gasteiger partial charge in [0.15, 0.2) is 0 Å². The van der Waals surface area contributed by atoms with E-state index >= 15 is 0 Å². The molecule has 13 aromatic rings. The van der Waals surface area contributed by atoms with Crippen LogP contribution in [0, 0.1) is 0 Å². The van der Waals surface area contributed by atoms with Crippen LogP contribution in [0.1, 0.15) is 0 Å². The Kier molecular flexibility index (Phi) is 9.39. The molecule has 6 heteroatoms. The molecule has 0 aliphatic rings. The summed E-state index contributed by atoms with van der Waals surface area (Å²) in [5, 5.41) is 4.62. The normalized spacial score (nSPS) is 11.5. The first-order valence-corrected chi connectivity index (χ1v) is 22.9. The molecular weight excluding hydrogens is 829 g/mol. The molecule has 68 heavy (non-hydrogen) atoms. The monoisotopic (exact) mass is 868 g/mol. The number of hydrogen-bond donors (Lipinski definition) is 0. The summed E-state index contributed by atoms with van der Waals surface area (Å²) in [6.07, 6.45) is 0. The maximum absolute atomic E-state index is 5.39. The Balaban J connectivity index is 1.01. The molecular formula is C62H40N6. The fourth-order valence-electron chi connectivity index (χ4n) is 9.87. The average Bonchev–Trinajstić information content (AvgIpc) is 4.01. The summed E-state index contributed by atoms with van der Waals surface area (Å²) in [6.45, 7) is 0. The second kappa shape index (κ2) is 16.3.